The molecule has 2 unspecified atom stereocenters. The molecule has 2 aliphatic heterocycles. The summed E-state index contributed by atoms with van der Waals surface area (Å²) in [7, 11) is 3.57. The lowest BCUT2D eigenvalue weighted by Gasteiger charge is -2.23. The van der Waals surface area contributed by atoms with Crippen LogP contribution in [0.2, 0.25) is 0 Å². The number of hydrogen-bond acceptors (Lipinski definition) is 4. The molecule has 0 amide bonds. The summed E-state index contributed by atoms with van der Waals surface area (Å²) < 4.78 is 5.38. The fraction of sp³-hybridized carbons (Fsp3) is 0.500. The second-order valence-electron chi connectivity index (χ2n) is 8.91. The first-order chi connectivity index (χ1) is 15.7. The van der Waals surface area contributed by atoms with E-state index in [0.29, 0.717) is 5.92 Å². The molecule has 2 saturated heterocycles. The molecule has 0 bridgehead atoms. The van der Waals surface area contributed by atoms with Gasteiger partial charge in [-0.15, -0.1) is 24.0 Å². The van der Waals surface area contributed by atoms with Crippen molar-refractivity contribution in [3.63, 3.8) is 0 Å². The lowest BCUT2D eigenvalue weighted by molar-refractivity contribution is 0.415. The molecule has 2 heterocycles. The van der Waals surface area contributed by atoms with Crippen LogP contribution in [-0.2, 0) is 0 Å². The van der Waals surface area contributed by atoms with Crippen LogP contribution in [-0.4, -0.2) is 52.8 Å². The molecule has 2 aliphatic rings. The summed E-state index contributed by atoms with van der Waals surface area (Å²) in [5.74, 6) is 2.37. The van der Waals surface area contributed by atoms with Crippen molar-refractivity contribution < 1.29 is 4.74 Å². The maximum atomic E-state index is 5.38. The van der Waals surface area contributed by atoms with Crippen molar-refractivity contribution in [2.75, 3.05) is 56.7 Å². The number of ether oxygens (including phenoxy) is 1. The van der Waals surface area contributed by atoms with Crippen LogP contribution < -0.4 is 25.2 Å². The molecule has 6 nitrogen and oxygen atoms in total. The molecule has 0 aromatic heterocycles. The average Bonchev–Trinajstić information content (AvgIpc) is 3.54. The van der Waals surface area contributed by atoms with Gasteiger partial charge < -0.3 is 25.2 Å². The Morgan fingerprint density at radius 1 is 1.06 bits per heavy atom. The van der Waals surface area contributed by atoms with Gasteiger partial charge in [-0.05, 0) is 61.9 Å². The molecular formula is C26H38IN5O. The summed E-state index contributed by atoms with van der Waals surface area (Å²) in [4.78, 5) is 9.39. The predicted molar refractivity (Wildman–Crippen MR) is 150 cm³/mol. The second-order valence-corrected chi connectivity index (χ2v) is 8.91. The Bertz CT molecular complexity index is 915. The molecule has 2 aromatic carbocycles. The van der Waals surface area contributed by atoms with Gasteiger partial charge in [0.15, 0.2) is 5.96 Å². The smallest absolute Gasteiger partial charge is 0.191 e. The van der Waals surface area contributed by atoms with E-state index in [1.807, 2.05) is 13.1 Å². The van der Waals surface area contributed by atoms with Gasteiger partial charge in [0.1, 0.15) is 5.75 Å². The summed E-state index contributed by atoms with van der Waals surface area (Å²) >= 11 is 0. The van der Waals surface area contributed by atoms with E-state index in [2.05, 4.69) is 74.8 Å². The summed E-state index contributed by atoms with van der Waals surface area (Å²) in [5.41, 5.74) is 3.86. The molecule has 2 N–H and O–H groups in total. The van der Waals surface area contributed by atoms with E-state index in [9.17, 15) is 0 Å². The fourth-order valence-corrected chi connectivity index (χ4v) is 4.73. The molecule has 0 radical (unpaired) electrons. The first-order valence-corrected chi connectivity index (χ1v) is 11.9. The number of rotatable bonds is 7. The molecule has 33 heavy (non-hydrogen) atoms. The van der Waals surface area contributed by atoms with Gasteiger partial charge in [-0.3, -0.25) is 4.99 Å². The normalized spacial score (nSPS) is 19.2. The Balaban J connectivity index is 0.00000306. The Morgan fingerprint density at radius 2 is 1.79 bits per heavy atom. The van der Waals surface area contributed by atoms with Crippen molar-refractivity contribution in [2.24, 2.45) is 10.9 Å². The summed E-state index contributed by atoms with van der Waals surface area (Å²) in [5, 5.41) is 7.13. The standard InChI is InChI=1S/C26H37N5O.HI/c1-20(22-8-6-9-23(16-22)30-13-4-5-14-30)29-26(27-2)28-18-21-12-15-31(19-21)24-10-7-11-25(17-24)32-3;/h6-11,16-17,20-21H,4-5,12-15,18-19H2,1-3H3,(H2,27,28,29);1H. The van der Waals surface area contributed by atoms with E-state index < -0.39 is 0 Å². The molecule has 2 aromatic rings. The first-order valence-electron chi connectivity index (χ1n) is 11.9. The number of aliphatic imine (C=N–C) groups is 1. The number of benzene rings is 2. The molecule has 2 fully saturated rings. The molecule has 0 spiro atoms. The number of halogens is 1. The maximum Gasteiger partial charge on any atom is 0.191 e. The molecular weight excluding hydrogens is 525 g/mol. The van der Waals surface area contributed by atoms with Crippen LogP contribution in [0.25, 0.3) is 0 Å². The lowest BCUT2D eigenvalue weighted by Crippen LogP contribution is -2.41. The van der Waals surface area contributed by atoms with Gasteiger partial charge in [0.25, 0.3) is 0 Å². The topological polar surface area (TPSA) is 52.1 Å². The highest BCUT2D eigenvalue weighted by Crippen LogP contribution is 2.27. The van der Waals surface area contributed by atoms with E-state index in [0.717, 1.165) is 31.3 Å². The third-order valence-corrected chi connectivity index (χ3v) is 6.68. The number of nitrogens with zero attached hydrogens (tertiary/aromatic N) is 3. The van der Waals surface area contributed by atoms with E-state index in [1.165, 1.54) is 49.3 Å². The van der Waals surface area contributed by atoms with Crippen LogP contribution in [0.4, 0.5) is 11.4 Å². The zero-order chi connectivity index (χ0) is 22.3. The molecule has 0 aliphatic carbocycles. The van der Waals surface area contributed by atoms with Gasteiger partial charge >= 0.3 is 0 Å². The zero-order valence-corrected chi connectivity index (χ0v) is 22.4. The van der Waals surface area contributed by atoms with Crippen molar-refractivity contribution >= 4 is 41.3 Å². The van der Waals surface area contributed by atoms with Gasteiger partial charge in [0.2, 0.25) is 0 Å². The Hall–Kier alpha value is -2.16. The number of hydrogen-bond donors (Lipinski definition) is 2. The highest BCUT2D eigenvalue weighted by Gasteiger charge is 2.23. The van der Waals surface area contributed by atoms with Crippen LogP contribution in [0.1, 0.15) is 37.8 Å². The fourth-order valence-electron chi connectivity index (χ4n) is 4.73. The van der Waals surface area contributed by atoms with Crippen LogP contribution in [0.3, 0.4) is 0 Å². The highest BCUT2D eigenvalue weighted by atomic mass is 127. The molecule has 7 heteroatoms. The van der Waals surface area contributed by atoms with Crippen molar-refractivity contribution in [1.29, 1.82) is 0 Å². The van der Waals surface area contributed by atoms with E-state index in [4.69, 9.17) is 4.74 Å². The van der Waals surface area contributed by atoms with Crippen molar-refractivity contribution in [3.05, 3.63) is 54.1 Å². The van der Waals surface area contributed by atoms with Gasteiger partial charge in [-0.2, -0.15) is 0 Å². The van der Waals surface area contributed by atoms with Crippen LogP contribution in [0.15, 0.2) is 53.5 Å². The minimum absolute atomic E-state index is 0. The number of guanidine groups is 1. The SMILES string of the molecule is CN=C(NCC1CCN(c2cccc(OC)c2)C1)NC(C)c1cccc(N2CCCC2)c1.I. The minimum Gasteiger partial charge on any atom is -0.497 e. The summed E-state index contributed by atoms with van der Waals surface area (Å²) in [6, 6.07) is 17.5. The lowest BCUT2D eigenvalue weighted by atomic mass is 10.1. The largest absolute Gasteiger partial charge is 0.497 e. The highest BCUT2D eigenvalue weighted by molar-refractivity contribution is 14.0. The molecule has 0 saturated carbocycles. The van der Waals surface area contributed by atoms with E-state index >= 15 is 0 Å². The Labute approximate surface area is 215 Å². The van der Waals surface area contributed by atoms with Gasteiger partial charge in [0.05, 0.1) is 13.2 Å². The van der Waals surface area contributed by atoms with Crippen molar-refractivity contribution in [2.45, 2.75) is 32.2 Å². The predicted octanol–water partition coefficient (Wildman–Crippen LogP) is 4.67. The molecule has 180 valence electrons. The maximum absolute atomic E-state index is 5.38. The number of anilines is 2. The monoisotopic (exact) mass is 563 g/mol. The Kier molecular flexibility index (Phi) is 9.52. The van der Waals surface area contributed by atoms with Crippen molar-refractivity contribution in [3.8, 4) is 5.75 Å². The third-order valence-electron chi connectivity index (χ3n) is 6.68. The van der Waals surface area contributed by atoms with Gasteiger partial charge in [-0.25, -0.2) is 0 Å². The molecule has 2 atom stereocenters. The zero-order valence-electron chi connectivity index (χ0n) is 20.1. The van der Waals surface area contributed by atoms with Gasteiger partial charge in [-0.1, -0.05) is 18.2 Å². The average molecular weight is 564 g/mol. The van der Waals surface area contributed by atoms with Crippen molar-refractivity contribution in [1.82, 2.24) is 10.6 Å². The molecule has 4 rings (SSSR count). The van der Waals surface area contributed by atoms with E-state index in [-0.39, 0.29) is 30.0 Å². The second kappa shape index (κ2) is 12.3. The summed E-state index contributed by atoms with van der Waals surface area (Å²) in [6.07, 6.45) is 3.77. The first kappa shape index (κ1) is 25.5. The van der Waals surface area contributed by atoms with Crippen LogP contribution in [0, 0.1) is 5.92 Å². The van der Waals surface area contributed by atoms with Crippen LogP contribution >= 0.6 is 24.0 Å². The quantitative estimate of drug-likeness (QED) is 0.292. The minimum atomic E-state index is 0. The third kappa shape index (κ3) is 6.68. The number of methoxy groups -OCH3 is 1. The number of nitrogens with one attached hydrogen (secondary N) is 2. The van der Waals surface area contributed by atoms with Gasteiger partial charge in [0, 0.05) is 57.2 Å². The summed E-state index contributed by atoms with van der Waals surface area (Å²) in [6.45, 7) is 7.58. The van der Waals surface area contributed by atoms with Crippen LogP contribution in [0.5, 0.6) is 5.75 Å². The van der Waals surface area contributed by atoms with E-state index in [1.54, 1.807) is 7.11 Å². The Morgan fingerprint density at radius 3 is 2.52 bits per heavy atom.